The molecule has 154 valence electrons. The molecule has 0 amide bonds. The summed E-state index contributed by atoms with van der Waals surface area (Å²) in [6.07, 6.45) is 3.48. The molecule has 0 spiro atoms. The number of fused-ring (bicyclic) bond motifs is 3. The van der Waals surface area contributed by atoms with E-state index in [1.54, 1.807) is 32.3 Å². The van der Waals surface area contributed by atoms with Gasteiger partial charge in [-0.1, -0.05) is 26.0 Å². The summed E-state index contributed by atoms with van der Waals surface area (Å²) in [6, 6.07) is 12.9. The molecule has 0 radical (unpaired) electrons. The molecule has 2 aromatic carbocycles. The normalized spacial score (nSPS) is 13.2. The summed E-state index contributed by atoms with van der Waals surface area (Å²) >= 11 is 0. The van der Waals surface area contributed by atoms with Crippen LogP contribution in [0.15, 0.2) is 70.2 Å². The largest absolute Gasteiger partial charge is 0.480 e. The van der Waals surface area contributed by atoms with Gasteiger partial charge in [0, 0.05) is 34.8 Å². The van der Waals surface area contributed by atoms with Gasteiger partial charge in [-0.3, -0.25) is 9.78 Å². The van der Waals surface area contributed by atoms with Crippen molar-refractivity contribution in [2.45, 2.75) is 24.8 Å². The zero-order chi connectivity index (χ0) is 21.5. The van der Waals surface area contributed by atoms with E-state index in [0.717, 1.165) is 21.9 Å². The Hall–Kier alpha value is -3.23. The predicted molar refractivity (Wildman–Crippen MR) is 114 cm³/mol. The van der Waals surface area contributed by atoms with Crippen molar-refractivity contribution in [2.24, 2.45) is 5.92 Å². The molecule has 2 heterocycles. The molecule has 30 heavy (non-hydrogen) atoms. The molecule has 0 aliphatic rings. The number of furan rings is 1. The maximum atomic E-state index is 12.7. The summed E-state index contributed by atoms with van der Waals surface area (Å²) in [4.78, 5) is 15.5. The van der Waals surface area contributed by atoms with Gasteiger partial charge in [0.2, 0.25) is 10.0 Å². The minimum atomic E-state index is -4.03. The lowest BCUT2D eigenvalue weighted by Gasteiger charge is -2.17. The van der Waals surface area contributed by atoms with Crippen LogP contribution in [0.1, 0.15) is 13.8 Å². The van der Waals surface area contributed by atoms with Crippen molar-refractivity contribution >= 4 is 37.9 Å². The number of nitrogens with zero attached hydrogens (tertiary/aromatic N) is 1. The Bertz CT molecular complexity index is 1340. The zero-order valence-electron chi connectivity index (χ0n) is 16.4. The summed E-state index contributed by atoms with van der Waals surface area (Å²) < 4.78 is 33.6. The van der Waals surface area contributed by atoms with Gasteiger partial charge in [-0.2, -0.15) is 4.72 Å². The number of carboxylic acid groups (broad SMARTS) is 1. The van der Waals surface area contributed by atoms with E-state index in [1.165, 1.54) is 12.1 Å². The SMILES string of the molecule is CC(C)[C@H](NS(=O)(=O)c1ccc2c(c1)oc1ccc(-c3cccnc3)cc12)C(=O)O. The minimum Gasteiger partial charge on any atom is -0.480 e. The number of hydrogen-bond acceptors (Lipinski definition) is 5. The van der Waals surface area contributed by atoms with Gasteiger partial charge in [0.1, 0.15) is 17.2 Å². The highest BCUT2D eigenvalue weighted by Gasteiger charge is 2.28. The maximum Gasteiger partial charge on any atom is 0.322 e. The first kappa shape index (κ1) is 20.1. The lowest BCUT2D eigenvalue weighted by atomic mass is 10.0. The molecule has 0 bridgehead atoms. The number of carbonyl (C=O) groups is 1. The molecule has 0 saturated carbocycles. The number of aromatic nitrogens is 1. The number of hydrogen-bond donors (Lipinski definition) is 2. The number of sulfonamides is 1. The molecule has 2 N–H and O–H groups in total. The quantitative estimate of drug-likeness (QED) is 0.484. The summed E-state index contributed by atoms with van der Waals surface area (Å²) in [7, 11) is -4.03. The first-order chi connectivity index (χ1) is 14.3. The standard InChI is InChI=1S/C22H20N2O5S/c1-13(2)21(22(25)26)24-30(27,28)16-6-7-17-18-10-14(15-4-3-9-23-12-15)5-8-19(18)29-20(17)11-16/h3-13,21,24H,1-2H3,(H,25,26)/t21-/m0/s1. The van der Waals surface area contributed by atoms with Crippen molar-refractivity contribution in [1.29, 1.82) is 0 Å². The number of rotatable bonds is 6. The lowest BCUT2D eigenvalue weighted by molar-refractivity contribution is -0.140. The monoisotopic (exact) mass is 424 g/mol. The van der Waals surface area contributed by atoms with Crippen LogP contribution in [0.3, 0.4) is 0 Å². The van der Waals surface area contributed by atoms with E-state index in [2.05, 4.69) is 9.71 Å². The number of nitrogens with one attached hydrogen (secondary N) is 1. The van der Waals surface area contributed by atoms with Gasteiger partial charge in [0.05, 0.1) is 4.90 Å². The number of aliphatic carboxylic acids is 1. The molecule has 0 unspecified atom stereocenters. The third kappa shape index (κ3) is 3.67. The van der Waals surface area contributed by atoms with Crippen molar-refractivity contribution in [3.63, 3.8) is 0 Å². The van der Waals surface area contributed by atoms with Crippen molar-refractivity contribution in [3.05, 3.63) is 60.9 Å². The number of pyridine rings is 1. The van der Waals surface area contributed by atoms with Crippen LogP contribution in [-0.2, 0) is 14.8 Å². The third-order valence-corrected chi connectivity index (χ3v) is 6.40. The second-order valence-corrected chi connectivity index (χ2v) is 9.11. The topological polar surface area (TPSA) is 110 Å². The smallest absolute Gasteiger partial charge is 0.322 e. The van der Waals surface area contributed by atoms with Gasteiger partial charge in [-0.15, -0.1) is 0 Å². The molecule has 0 fully saturated rings. The summed E-state index contributed by atoms with van der Waals surface area (Å²) in [5.41, 5.74) is 2.97. The van der Waals surface area contributed by atoms with Gasteiger partial charge < -0.3 is 9.52 Å². The van der Waals surface area contributed by atoms with E-state index in [9.17, 15) is 18.3 Å². The van der Waals surface area contributed by atoms with E-state index in [1.807, 2.05) is 30.3 Å². The number of carboxylic acids is 1. The van der Waals surface area contributed by atoms with Crippen molar-refractivity contribution in [2.75, 3.05) is 0 Å². The number of benzene rings is 2. The highest BCUT2D eigenvalue weighted by atomic mass is 32.2. The van der Waals surface area contributed by atoms with Crippen LogP contribution in [0.4, 0.5) is 0 Å². The molecule has 1 atom stereocenters. The second kappa shape index (κ2) is 7.55. The Morgan fingerprint density at radius 1 is 1.03 bits per heavy atom. The molecule has 0 aliphatic heterocycles. The molecule has 0 aliphatic carbocycles. The van der Waals surface area contributed by atoms with Crippen LogP contribution < -0.4 is 4.72 Å². The predicted octanol–water partition coefficient (Wildman–Crippen LogP) is 4.04. The Balaban J connectivity index is 1.76. The fraction of sp³-hybridized carbons (Fsp3) is 0.182. The van der Waals surface area contributed by atoms with E-state index in [-0.39, 0.29) is 4.90 Å². The molecule has 7 nitrogen and oxygen atoms in total. The van der Waals surface area contributed by atoms with E-state index in [0.29, 0.717) is 11.2 Å². The minimum absolute atomic E-state index is 0.0477. The maximum absolute atomic E-state index is 12.7. The molecular formula is C22H20N2O5S. The van der Waals surface area contributed by atoms with Crippen LogP contribution in [-0.4, -0.2) is 30.5 Å². The van der Waals surface area contributed by atoms with Crippen LogP contribution in [0.5, 0.6) is 0 Å². The molecule has 8 heteroatoms. The van der Waals surface area contributed by atoms with Crippen LogP contribution >= 0.6 is 0 Å². The van der Waals surface area contributed by atoms with E-state index >= 15 is 0 Å². The average molecular weight is 424 g/mol. The first-order valence-electron chi connectivity index (χ1n) is 9.38. The average Bonchev–Trinajstić information content (AvgIpc) is 3.09. The van der Waals surface area contributed by atoms with Crippen molar-refractivity contribution < 1.29 is 22.7 Å². The van der Waals surface area contributed by atoms with Crippen LogP contribution in [0, 0.1) is 5.92 Å². The Kier molecular flexibility index (Phi) is 5.05. The van der Waals surface area contributed by atoms with Gasteiger partial charge in [0.25, 0.3) is 0 Å². The third-order valence-electron chi connectivity index (χ3n) is 4.96. The highest BCUT2D eigenvalue weighted by molar-refractivity contribution is 7.89. The first-order valence-corrected chi connectivity index (χ1v) is 10.9. The van der Waals surface area contributed by atoms with E-state index in [4.69, 9.17) is 4.42 Å². The van der Waals surface area contributed by atoms with Crippen LogP contribution in [0.2, 0.25) is 0 Å². The summed E-state index contributed by atoms with van der Waals surface area (Å²) in [5.74, 6) is -1.63. The fourth-order valence-electron chi connectivity index (χ4n) is 3.34. The molecule has 4 aromatic rings. The fourth-order valence-corrected chi connectivity index (χ4v) is 4.70. The van der Waals surface area contributed by atoms with Gasteiger partial charge >= 0.3 is 5.97 Å². The second-order valence-electron chi connectivity index (χ2n) is 7.39. The highest BCUT2D eigenvalue weighted by Crippen LogP contribution is 2.33. The van der Waals surface area contributed by atoms with Crippen LogP contribution in [0.25, 0.3) is 33.1 Å². The molecule has 2 aromatic heterocycles. The summed E-state index contributed by atoms with van der Waals surface area (Å²) in [5, 5.41) is 10.9. The Morgan fingerprint density at radius 2 is 1.83 bits per heavy atom. The van der Waals surface area contributed by atoms with Crippen molar-refractivity contribution in [1.82, 2.24) is 9.71 Å². The Labute approximate surface area is 173 Å². The van der Waals surface area contributed by atoms with Gasteiger partial charge in [-0.25, -0.2) is 8.42 Å². The van der Waals surface area contributed by atoms with E-state index < -0.39 is 28.0 Å². The summed E-state index contributed by atoms with van der Waals surface area (Å²) in [6.45, 7) is 3.28. The molecule has 0 saturated heterocycles. The molecule has 4 rings (SSSR count). The van der Waals surface area contributed by atoms with Gasteiger partial charge in [-0.05, 0) is 41.8 Å². The van der Waals surface area contributed by atoms with Gasteiger partial charge in [0.15, 0.2) is 0 Å². The van der Waals surface area contributed by atoms with Crippen molar-refractivity contribution in [3.8, 4) is 11.1 Å². The Morgan fingerprint density at radius 3 is 2.50 bits per heavy atom. The zero-order valence-corrected chi connectivity index (χ0v) is 17.2. The molecular weight excluding hydrogens is 404 g/mol. The lowest BCUT2D eigenvalue weighted by Crippen LogP contribution is -2.44.